The van der Waals surface area contributed by atoms with Crippen molar-refractivity contribution in [2.75, 3.05) is 26.2 Å². The molecule has 76 valence electrons. The van der Waals surface area contributed by atoms with Crippen LogP contribution in [0.25, 0.3) is 0 Å². The van der Waals surface area contributed by atoms with Crippen molar-refractivity contribution in [1.82, 2.24) is 10.2 Å². The second-order valence-electron chi connectivity index (χ2n) is 2.84. The van der Waals surface area contributed by atoms with E-state index in [2.05, 4.69) is 5.32 Å². The first-order valence-corrected chi connectivity index (χ1v) is 4.16. The maximum Gasteiger partial charge on any atom is 0.385 e. The molecule has 0 spiro atoms. The Labute approximate surface area is 80.9 Å². The Morgan fingerprint density at radius 2 is 2.14 bits per heavy atom. The van der Waals surface area contributed by atoms with Gasteiger partial charge in [-0.15, -0.1) is 0 Å². The maximum absolute atomic E-state index is 10.4. The van der Waals surface area contributed by atoms with Gasteiger partial charge in [0, 0.05) is 26.2 Å². The number of nitro groups is 1. The molecule has 0 aliphatic carbocycles. The van der Waals surface area contributed by atoms with Gasteiger partial charge in [-0.25, -0.2) is 0 Å². The number of rotatable bonds is 2. The summed E-state index contributed by atoms with van der Waals surface area (Å²) in [5.41, 5.74) is 4.94. The van der Waals surface area contributed by atoms with Gasteiger partial charge in [-0.1, -0.05) is 0 Å². The van der Waals surface area contributed by atoms with E-state index in [1.54, 1.807) is 4.90 Å². The lowest BCUT2D eigenvalue weighted by Gasteiger charge is -2.28. The van der Waals surface area contributed by atoms with E-state index in [0.717, 1.165) is 13.1 Å². The first-order valence-electron chi connectivity index (χ1n) is 4.16. The van der Waals surface area contributed by atoms with E-state index in [1.807, 2.05) is 0 Å². The molecule has 1 fully saturated rings. The fraction of sp³-hybridized carbons (Fsp3) is 0.571. The third-order valence-electron chi connectivity index (χ3n) is 1.99. The standard InChI is InChI=1S/C7H11N5O2/c8-5-6(12(13)14)7(9)11-3-1-10-2-4-11/h10H,1-4,9H2. The van der Waals surface area contributed by atoms with E-state index < -0.39 is 10.6 Å². The van der Waals surface area contributed by atoms with Gasteiger partial charge in [-0.05, 0) is 0 Å². The van der Waals surface area contributed by atoms with Crippen LogP contribution in [0.5, 0.6) is 0 Å². The molecule has 0 aromatic rings. The monoisotopic (exact) mass is 197 g/mol. The average Bonchev–Trinajstić information content (AvgIpc) is 2.19. The number of hydrogen-bond donors (Lipinski definition) is 2. The van der Waals surface area contributed by atoms with E-state index >= 15 is 0 Å². The van der Waals surface area contributed by atoms with E-state index in [1.165, 1.54) is 6.07 Å². The summed E-state index contributed by atoms with van der Waals surface area (Å²) in [5, 5.41) is 22.0. The van der Waals surface area contributed by atoms with Crippen LogP contribution in [0.2, 0.25) is 0 Å². The highest BCUT2D eigenvalue weighted by molar-refractivity contribution is 5.18. The Hall–Kier alpha value is -1.81. The minimum atomic E-state index is -0.753. The summed E-state index contributed by atoms with van der Waals surface area (Å²) < 4.78 is 0. The molecule has 0 saturated carbocycles. The lowest BCUT2D eigenvalue weighted by atomic mass is 10.3. The summed E-state index contributed by atoms with van der Waals surface area (Å²) in [6.07, 6.45) is 0. The molecule has 1 rings (SSSR count). The summed E-state index contributed by atoms with van der Waals surface area (Å²) in [6.45, 7) is 2.62. The molecule has 7 nitrogen and oxygen atoms in total. The molecule has 0 bridgehead atoms. The summed E-state index contributed by atoms with van der Waals surface area (Å²) >= 11 is 0. The first kappa shape index (κ1) is 10.3. The van der Waals surface area contributed by atoms with Gasteiger partial charge in [0.1, 0.15) is 0 Å². The number of nitrogens with one attached hydrogen (secondary N) is 1. The summed E-state index contributed by atoms with van der Waals surface area (Å²) in [6, 6.07) is 1.49. The highest BCUT2D eigenvalue weighted by Gasteiger charge is 2.21. The van der Waals surface area contributed by atoms with Gasteiger partial charge >= 0.3 is 5.70 Å². The van der Waals surface area contributed by atoms with Gasteiger partial charge in [0.15, 0.2) is 11.9 Å². The largest absolute Gasteiger partial charge is 0.385 e. The van der Waals surface area contributed by atoms with Crippen LogP contribution in [0.1, 0.15) is 0 Å². The van der Waals surface area contributed by atoms with Crippen molar-refractivity contribution in [2.24, 2.45) is 5.73 Å². The van der Waals surface area contributed by atoms with Crippen LogP contribution in [-0.2, 0) is 0 Å². The van der Waals surface area contributed by atoms with Gasteiger partial charge in [-0.2, -0.15) is 5.26 Å². The molecule has 1 aliphatic heterocycles. The molecule has 3 N–H and O–H groups in total. The molecule has 1 heterocycles. The third-order valence-corrected chi connectivity index (χ3v) is 1.99. The van der Waals surface area contributed by atoms with Gasteiger partial charge in [-0.3, -0.25) is 10.1 Å². The SMILES string of the molecule is N#CC(=C(N)N1CCNCC1)[N+](=O)[O-]. The van der Waals surface area contributed by atoms with Crippen molar-refractivity contribution in [3.8, 4) is 6.07 Å². The molecule has 0 atom stereocenters. The van der Waals surface area contributed by atoms with E-state index in [9.17, 15) is 10.1 Å². The van der Waals surface area contributed by atoms with Gasteiger partial charge < -0.3 is 16.0 Å². The number of allylic oxidation sites excluding steroid dienone is 1. The zero-order valence-corrected chi connectivity index (χ0v) is 7.56. The van der Waals surface area contributed by atoms with Crippen molar-refractivity contribution in [2.45, 2.75) is 0 Å². The second-order valence-corrected chi connectivity index (χ2v) is 2.84. The molecule has 0 unspecified atom stereocenters. The van der Waals surface area contributed by atoms with E-state index in [-0.39, 0.29) is 5.82 Å². The number of nitrogens with two attached hydrogens (primary N) is 1. The molecule has 0 aromatic carbocycles. The normalized spacial score (nSPS) is 18.4. The summed E-state index contributed by atoms with van der Waals surface area (Å²) in [7, 11) is 0. The Bertz CT molecular complexity index is 300. The smallest absolute Gasteiger partial charge is 0.379 e. The Morgan fingerprint density at radius 3 is 2.57 bits per heavy atom. The van der Waals surface area contributed by atoms with Crippen molar-refractivity contribution in [3.05, 3.63) is 21.6 Å². The average molecular weight is 197 g/mol. The molecule has 1 aliphatic rings. The molecule has 0 amide bonds. The number of piperazine rings is 1. The minimum Gasteiger partial charge on any atom is -0.379 e. The lowest BCUT2D eigenvalue weighted by molar-refractivity contribution is -0.419. The van der Waals surface area contributed by atoms with Crippen molar-refractivity contribution in [1.29, 1.82) is 5.26 Å². The zero-order chi connectivity index (χ0) is 10.6. The van der Waals surface area contributed by atoms with Gasteiger partial charge in [0.05, 0.1) is 4.92 Å². The van der Waals surface area contributed by atoms with Crippen LogP contribution in [-0.4, -0.2) is 36.0 Å². The Balaban J connectivity index is 2.83. The number of hydrogen-bond acceptors (Lipinski definition) is 6. The van der Waals surface area contributed by atoms with Crippen LogP contribution < -0.4 is 11.1 Å². The van der Waals surface area contributed by atoms with Crippen LogP contribution in [0, 0.1) is 21.4 Å². The Kier molecular flexibility index (Phi) is 3.25. The topological polar surface area (TPSA) is 108 Å². The predicted octanol–water partition coefficient (Wildman–Crippen LogP) is -1.18. The Morgan fingerprint density at radius 1 is 1.57 bits per heavy atom. The third kappa shape index (κ3) is 2.11. The second kappa shape index (κ2) is 4.43. The molecule has 14 heavy (non-hydrogen) atoms. The molecule has 1 saturated heterocycles. The van der Waals surface area contributed by atoms with Crippen molar-refractivity contribution < 1.29 is 4.92 Å². The highest BCUT2D eigenvalue weighted by Crippen LogP contribution is 2.05. The fourth-order valence-electron chi connectivity index (χ4n) is 1.25. The van der Waals surface area contributed by atoms with E-state index in [4.69, 9.17) is 11.0 Å². The van der Waals surface area contributed by atoms with Crippen molar-refractivity contribution in [3.63, 3.8) is 0 Å². The first-order chi connectivity index (χ1) is 6.66. The predicted molar refractivity (Wildman–Crippen MR) is 48.3 cm³/mol. The molecular formula is C7H11N5O2. The highest BCUT2D eigenvalue weighted by atomic mass is 16.6. The van der Waals surface area contributed by atoms with E-state index in [0.29, 0.717) is 13.1 Å². The van der Waals surface area contributed by atoms with Crippen LogP contribution >= 0.6 is 0 Å². The maximum atomic E-state index is 10.4. The molecule has 0 radical (unpaired) electrons. The number of nitrogens with zero attached hydrogens (tertiary/aromatic N) is 3. The van der Waals surface area contributed by atoms with Gasteiger partial charge in [0.25, 0.3) is 0 Å². The quantitative estimate of drug-likeness (QED) is 0.327. The zero-order valence-electron chi connectivity index (χ0n) is 7.56. The molecular weight excluding hydrogens is 186 g/mol. The van der Waals surface area contributed by atoms with Crippen LogP contribution in [0.3, 0.4) is 0 Å². The summed E-state index contributed by atoms with van der Waals surface area (Å²) in [5.74, 6) is -0.0426. The van der Waals surface area contributed by atoms with Gasteiger partial charge in [0.2, 0.25) is 0 Å². The van der Waals surface area contributed by atoms with Crippen LogP contribution in [0.4, 0.5) is 0 Å². The lowest BCUT2D eigenvalue weighted by Crippen LogP contribution is -2.45. The van der Waals surface area contributed by atoms with Crippen molar-refractivity contribution >= 4 is 0 Å². The summed E-state index contributed by atoms with van der Waals surface area (Å²) in [4.78, 5) is 11.3. The number of nitriles is 1. The molecule has 0 aromatic heterocycles. The fourth-order valence-corrected chi connectivity index (χ4v) is 1.25. The minimum absolute atomic E-state index is 0.0426. The van der Waals surface area contributed by atoms with Crippen LogP contribution in [0.15, 0.2) is 11.5 Å². The molecule has 7 heteroatoms.